The van der Waals surface area contributed by atoms with Gasteiger partial charge in [-0.3, -0.25) is 0 Å². The van der Waals surface area contributed by atoms with E-state index in [1.165, 1.54) is 5.56 Å². The van der Waals surface area contributed by atoms with Gasteiger partial charge in [-0.1, -0.05) is 30.3 Å². The molecule has 1 saturated heterocycles. The maximum Gasteiger partial charge on any atom is 0.0693 e. The van der Waals surface area contributed by atoms with Crippen molar-refractivity contribution < 1.29 is 9.84 Å². The van der Waals surface area contributed by atoms with Crippen LogP contribution < -0.4 is 0 Å². The van der Waals surface area contributed by atoms with Gasteiger partial charge in [-0.25, -0.2) is 0 Å². The Morgan fingerprint density at radius 2 is 1.70 bits per heavy atom. The number of rotatable bonds is 3. The van der Waals surface area contributed by atoms with Gasteiger partial charge in [0.1, 0.15) is 0 Å². The van der Waals surface area contributed by atoms with Gasteiger partial charge in [0.25, 0.3) is 0 Å². The normalized spacial score (nSPS) is 30.9. The topological polar surface area (TPSA) is 29.5 Å². The van der Waals surface area contributed by atoms with Gasteiger partial charge in [0.05, 0.1) is 17.3 Å². The molecule has 1 aromatic carbocycles. The van der Waals surface area contributed by atoms with Crippen molar-refractivity contribution in [3.63, 3.8) is 0 Å². The van der Waals surface area contributed by atoms with Crippen molar-refractivity contribution in [1.29, 1.82) is 0 Å². The van der Waals surface area contributed by atoms with Crippen molar-refractivity contribution in [1.82, 2.24) is 0 Å². The van der Waals surface area contributed by atoms with Crippen molar-refractivity contribution in [3.05, 3.63) is 35.9 Å². The summed E-state index contributed by atoms with van der Waals surface area (Å²) in [6, 6.07) is 10.5. The second kappa shape index (κ2) is 4.32. The van der Waals surface area contributed by atoms with Crippen molar-refractivity contribution >= 4 is 0 Å². The molecule has 0 radical (unpaired) electrons. The molecule has 1 aromatic rings. The minimum atomic E-state index is -0.318. The summed E-state index contributed by atoms with van der Waals surface area (Å²) >= 11 is 0. The Morgan fingerprint density at radius 3 is 2.15 bits per heavy atom. The van der Waals surface area contributed by atoms with E-state index in [-0.39, 0.29) is 28.6 Å². The highest BCUT2D eigenvalue weighted by atomic mass is 16.5. The minimum absolute atomic E-state index is 0.0347. The SMILES string of the molecule is CC1(C)CC(C(O)C2(c3ccccc3)CC2)C(C)(C)O1. The first-order valence-corrected chi connectivity index (χ1v) is 7.71. The standard InChI is InChI=1S/C18H26O2/c1-16(2)12-14(17(3,4)20-16)15(19)18(10-11-18)13-8-6-5-7-9-13/h5-9,14-15,19H,10-12H2,1-4H3. The summed E-state index contributed by atoms with van der Waals surface area (Å²) in [6.07, 6.45) is 2.79. The fourth-order valence-corrected chi connectivity index (χ4v) is 4.14. The third-order valence-corrected chi connectivity index (χ3v) is 5.23. The lowest BCUT2D eigenvalue weighted by Gasteiger charge is -2.35. The van der Waals surface area contributed by atoms with Crippen molar-refractivity contribution in [3.8, 4) is 0 Å². The lowest BCUT2D eigenvalue weighted by atomic mass is 9.74. The second-order valence-corrected chi connectivity index (χ2v) is 7.74. The first-order valence-electron chi connectivity index (χ1n) is 7.71. The van der Waals surface area contributed by atoms with E-state index in [0.29, 0.717) is 0 Å². The van der Waals surface area contributed by atoms with Gasteiger partial charge in [0.2, 0.25) is 0 Å². The second-order valence-electron chi connectivity index (χ2n) is 7.74. The molecule has 2 atom stereocenters. The fourth-order valence-electron chi connectivity index (χ4n) is 4.14. The number of benzene rings is 1. The van der Waals surface area contributed by atoms with Gasteiger partial charge >= 0.3 is 0 Å². The Hall–Kier alpha value is -0.860. The molecule has 20 heavy (non-hydrogen) atoms. The van der Waals surface area contributed by atoms with Gasteiger partial charge in [0, 0.05) is 11.3 Å². The lowest BCUT2D eigenvalue weighted by molar-refractivity contribution is -0.0914. The molecular weight excluding hydrogens is 248 g/mol. The van der Waals surface area contributed by atoms with Crippen LogP contribution in [-0.2, 0) is 10.2 Å². The van der Waals surface area contributed by atoms with Crippen LogP contribution in [0.2, 0.25) is 0 Å². The number of hydrogen-bond donors (Lipinski definition) is 1. The molecule has 0 bridgehead atoms. The summed E-state index contributed by atoms with van der Waals surface area (Å²) in [5.74, 6) is 0.195. The van der Waals surface area contributed by atoms with Gasteiger partial charge < -0.3 is 9.84 Å². The molecule has 1 aliphatic carbocycles. The van der Waals surface area contributed by atoms with E-state index >= 15 is 0 Å². The summed E-state index contributed by atoms with van der Waals surface area (Å²) in [6.45, 7) is 8.50. The van der Waals surface area contributed by atoms with Crippen LogP contribution in [-0.4, -0.2) is 22.4 Å². The average molecular weight is 274 g/mol. The van der Waals surface area contributed by atoms with E-state index in [9.17, 15) is 5.11 Å². The highest BCUT2D eigenvalue weighted by Gasteiger charge is 2.59. The van der Waals surface area contributed by atoms with E-state index in [4.69, 9.17) is 4.74 Å². The molecule has 1 saturated carbocycles. The third-order valence-electron chi connectivity index (χ3n) is 5.23. The molecule has 0 aromatic heterocycles. The maximum absolute atomic E-state index is 11.1. The molecular formula is C18H26O2. The van der Waals surface area contributed by atoms with Crippen LogP contribution in [0.3, 0.4) is 0 Å². The molecule has 2 nitrogen and oxygen atoms in total. The average Bonchev–Trinajstić information content (AvgIpc) is 3.12. The zero-order valence-corrected chi connectivity index (χ0v) is 13.0. The quantitative estimate of drug-likeness (QED) is 0.911. The van der Waals surface area contributed by atoms with Crippen molar-refractivity contribution in [2.24, 2.45) is 5.92 Å². The molecule has 1 aliphatic heterocycles. The first-order chi connectivity index (χ1) is 9.27. The molecule has 1 N–H and O–H groups in total. The van der Waals surface area contributed by atoms with Crippen LogP contribution in [0.1, 0.15) is 52.5 Å². The van der Waals surface area contributed by atoms with Crippen LogP contribution in [0.5, 0.6) is 0 Å². The van der Waals surface area contributed by atoms with E-state index in [1.807, 2.05) is 6.07 Å². The Morgan fingerprint density at radius 1 is 1.10 bits per heavy atom. The zero-order chi connectivity index (χ0) is 14.6. The zero-order valence-electron chi connectivity index (χ0n) is 13.0. The summed E-state index contributed by atoms with van der Waals surface area (Å²) in [7, 11) is 0. The van der Waals surface area contributed by atoms with Crippen molar-refractivity contribution in [2.45, 2.75) is 69.7 Å². The number of aliphatic hydroxyl groups is 1. The molecule has 1 heterocycles. The van der Waals surface area contributed by atoms with Crippen LogP contribution in [0.15, 0.2) is 30.3 Å². The molecule has 3 rings (SSSR count). The van der Waals surface area contributed by atoms with Crippen LogP contribution in [0, 0.1) is 5.92 Å². The van der Waals surface area contributed by atoms with Crippen LogP contribution in [0.4, 0.5) is 0 Å². The first kappa shape index (κ1) is 14.1. The highest BCUT2D eigenvalue weighted by molar-refractivity contribution is 5.34. The van der Waals surface area contributed by atoms with Crippen LogP contribution >= 0.6 is 0 Å². The Bertz CT molecular complexity index is 485. The maximum atomic E-state index is 11.1. The Balaban J connectivity index is 1.88. The molecule has 0 spiro atoms. The molecule has 2 aliphatic rings. The minimum Gasteiger partial charge on any atom is -0.392 e. The van der Waals surface area contributed by atoms with Gasteiger partial charge in [-0.15, -0.1) is 0 Å². The summed E-state index contributed by atoms with van der Waals surface area (Å²) in [5.41, 5.74) is 0.857. The molecule has 2 fully saturated rings. The number of aliphatic hydroxyl groups excluding tert-OH is 1. The highest BCUT2D eigenvalue weighted by Crippen LogP contribution is 2.57. The van der Waals surface area contributed by atoms with Crippen LogP contribution in [0.25, 0.3) is 0 Å². The monoisotopic (exact) mass is 274 g/mol. The summed E-state index contributed by atoms with van der Waals surface area (Å²) in [4.78, 5) is 0. The number of hydrogen-bond acceptors (Lipinski definition) is 2. The Kier molecular flexibility index (Phi) is 3.04. The predicted molar refractivity (Wildman–Crippen MR) is 80.7 cm³/mol. The Labute approximate surface area is 122 Å². The fraction of sp³-hybridized carbons (Fsp3) is 0.667. The molecule has 2 heteroatoms. The predicted octanol–water partition coefficient (Wildman–Crippen LogP) is 3.67. The van der Waals surface area contributed by atoms with E-state index < -0.39 is 0 Å². The van der Waals surface area contributed by atoms with E-state index in [2.05, 4.69) is 52.0 Å². The van der Waals surface area contributed by atoms with Gasteiger partial charge in [-0.05, 0) is 52.5 Å². The summed E-state index contributed by atoms with van der Waals surface area (Å²) in [5, 5.41) is 11.1. The van der Waals surface area contributed by atoms with Gasteiger partial charge in [0.15, 0.2) is 0 Å². The van der Waals surface area contributed by atoms with Crippen molar-refractivity contribution in [2.75, 3.05) is 0 Å². The number of ether oxygens (including phenoxy) is 1. The third kappa shape index (κ3) is 2.19. The smallest absolute Gasteiger partial charge is 0.0693 e. The summed E-state index contributed by atoms with van der Waals surface area (Å²) < 4.78 is 6.17. The largest absolute Gasteiger partial charge is 0.392 e. The van der Waals surface area contributed by atoms with Gasteiger partial charge in [-0.2, -0.15) is 0 Å². The lowest BCUT2D eigenvalue weighted by Crippen LogP contribution is -2.42. The molecule has 110 valence electrons. The molecule has 2 unspecified atom stereocenters. The van der Waals surface area contributed by atoms with E-state index in [1.54, 1.807) is 0 Å². The molecule has 0 amide bonds. The van der Waals surface area contributed by atoms with E-state index in [0.717, 1.165) is 19.3 Å².